The summed E-state index contributed by atoms with van der Waals surface area (Å²) in [7, 11) is -4.71. The van der Waals surface area contributed by atoms with Crippen LogP contribution in [0, 0.1) is 52.3 Å². The quantitative estimate of drug-likeness (QED) is 0.0529. The first kappa shape index (κ1) is 35.1. The van der Waals surface area contributed by atoms with Crippen molar-refractivity contribution < 1.29 is 54.8 Å². The van der Waals surface area contributed by atoms with Gasteiger partial charge in [0.1, 0.15) is 12.2 Å². The molecule has 4 aliphatic carbocycles. The Kier molecular flexibility index (Phi) is 12.4. The average molecular weight is 661 g/mol. The van der Waals surface area contributed by atoms with Crippen LogP contribution < -0.4 is 0 Å². The molecule has 42 heavy (non-hydrogen) atoms. The van der Waals surface area contributed by atoms with Crippen LogP contribution in [0.25, 0.3) is 0 Å². The van der Waals surface area contributed by atoms with Gasteiger partial charge in [-0.3, -0.25) is 12.9 Å². The van der Waals surface area contributed by atoms with E-state index in [1.54, 1.807) is 0 Å². The van der Waals surface area contributed by atoms with E-state index >= 15 is 0 Å². The van der Waals surface area contributed by atoms with E-state index < -0.39 is 34.1 Å². The van der Waals surface area contributed by atoms with Crippen LogP contribution in [0.1, 0.15) is 98.8 Å². The first-order valence-corrected chi connectivity index (χ1v) is 17.8. The molecule has 4 saturated carbocycles. The third-order valence-corrected chi connectivity index (χ3v) is 12.9. The van der Waals surface area contributed by atoms with Crippen LogP contribution in [-0.2, 0) is 41.7 Å². The second-order valence-electron chi connectivity index (χ2n) is 13.9. The maximum atomic E-state index is 12.1. The third-order valence-electron chi connectivity index (χ3n) is 11.5. The molecule has 12 nitrogen and oxygen atoms in total. The lowest BCUT2D eigenvalue weighted by Crippen LogP contribution is -2.61. The highest BCUT2D eigenvalue weighted by Crippen LogP contribution is 2.69. The van der Waals surface area contributed by atoms with Crippen LogP contribution >= 0.6 is 24.6 Å². The molecule has 0 amide bonds. The van der Waals surface area contributed by atoms with Crippen LogP contribution in [0.4, 0.5) is 0 Å². The van der Waals surface area contributed by atoms with Crippen LogP contribution in [0.3, 0.4) is 0 Å². The van der Waals surface area contributed by atoms with Crippen LogP contribution in [0.15, 0.2) is 0 Å². The lowest BCUT2D eigenvalue weighted by molar-refractivity contribution is -0.435. The van der Waals surface area contributed by atoms with Crippen LogP contribution in [0.2, 0.25) is 0 Å². The van der Waals surface area contributed by atoms with Crippen molar-refractivity contribution in [1.82, 2.24) is 0 Å². The molecule has 7 unspecified atom stereocenters. The molecule has 15 heteroatoms. The standard InChI is InChI=1S/C27H48O12S3/c1-16(2)7-6-8-17(3)19-9-10-20-18-13-23(35-42(30,31)32)22-14-24(33-40-38-36-28)25(34-41-39-37-29)15-27(22,5)21(18)11-12-26(19,20)4/h16-25,28-29H,6-15H2,1-5H3,(H,30,31,32)/t17?,18-,19?,20?,21?,22?,23?,24?,25-,26+,27+/m0/s1. The van der Waals surface area contributed by atoms with Gasteiger partial charge >= 0.3 is 10.4 Å². The molecule has 11 atom stereocenters. The molecule has 0 aromatic carbocycles. The molecule has 0 aromatic heterocycles. The Bertz CT molecular complexity index is 972. The lowest BCUT2D eigenvalue weighted by Gasteiger charge is -2.63. The Morgan fingerprint density at radius 2 is 1.48 bits per heavy atom. The van der Waals surface area contributed by atoms with Crippen molar-refractivity contribution in [3.63, 3.8) is 0 Å². The summed E-state index contributed by atoms with van der Waals surface area (Å²) < 4.78 is 59.9. The fraction of sp³-hybridized carbons (Fsp3) is 1.00. The van der Waals surface area contributed by atoms with Gasteiger partial charge in [-0.2, -0.15) is 8.42 Å². The van der Waals surface area contributed by atoms with Crippen molar-refractivity contribution in [3.05, 3.63) is 0 Å². The Morgan fingerprint density at radius 1 is 0.833 bits per heavy atom. The van der Waals surface area contributed by atoms with Gasteiger partial charge in [0.15, 0.2) is 24.6 Å². The minimum atomic E-state index is -4.71. The van der Waals surface area contributed by atoms with Crippen molar-refractivity contribution in [1.29, 1.82) is 0 Å². The summed E-state index contributed by atoms with van der Waals surface area (Å²) in [6.07, 6.45) is 7.49. The van der Waals surface area contributed by atoms with E-state index in [0.717, 1.165) is 19.3 Å². The van der Waals surface area contributed by atoms with Crippen molar-refractivity contribution in [2.45, 2.75) is 117 Å². The third kappa shape index (κ3) is 7.78. The smallest absolute Gasteiger partial charge is 0.283 e. The second-order valence-corrected chi connectivity index (χ2v) is 15.9. The van der Waals surface area contributed by atoms with Crippen LogP contribution in [-0.4, -0.2) is 41.8 Å². The van der Waals surface area contributed by atoms with Gasteiger partial charge in [-0.25, -0.2) is 14.7 Å². The molecule has 0 heterocycles. The monoisotopic (exact) mass is 660 g/mol. The van der Waals surface area contributed by atoms with Crippen molar-refractivity contribution in [3.8, 4) is 0 Å². The van der Waals surface area contributed by atoms with Gasteiger partial charge in [0, 0.05) is 0 Å². The van der Waals surface area contributed by atoms with Gasteiger partial charge in [-0.1, -0.05) is 64.0 Å². The molecule has 0 spiro atoms. The summed E-state index contributed by atoms with van der Waals surface area (Å²) in [4.78, 5) is 0. The van der Waals surface area contributed by atoms with E-state index in [2.05, 4.69) is 53.4 Å². The molecule has 0 bridgehead atoms. The normalized spacial score (nSPS) is 40.9. The van der Waals surface area contributed by atoms with Gasteiger partial charge < -0.3 is 0 Å². The van der Waals surface area contributed by atoms with Crippen molar-refractivity contribution in [2.75, 3.05) is 0 Å². The van der Waals surface area contributed by atoms with E-state index in [9.17, 15) is 13.0 Å². The molecular weight excluding hydrogens is 612 g/mol. The summed E-state index contributed by atoms with van der Waals surface area (Å²) in [6, 6.07) is 0. The van der Waals surface area contributed by atoms with E-state index in [4.69, 9.17) is 23.1 Å². The Labute approximate surface area is 258 Å². The van der Waals surface area contributed by atoms with E-state index in [1.165, 1.54) is 25.7 Å². The predicted octanol–water partition coefficient (Wildman–Crippen LogP) is 7.25. The van der Waals surface area contributed by atoms with Crippen LogP contribution in [0.5, 0.6) is 0 Å². The van der Waals surface area contributed by atoms with E-state index in [0.29, 0.717) is 67.6 Å². The molecule has 0 aliphatic heterocycles. The highest BCUT2D eigenvalue weighted by Gasteiger charge is 2.64. The fourth-order valence-corrected chi connectivity index (χ4v) is 11.1. The average Bonchev–Trinajstić information content (AvgIpc) is 3.26. The highest BCUT2D eigenvalue weighted by atomic mass is 32.3. The number of fused-ring (bicyclic) bond motifs is 5. The summed E-state index contributed by atoms with van der Waals surface area (Å²) >= 11 is 0.866. The Morgan fingerprint density at radius 3 is 2.10 bits per heavy atom. The van der Waals surface area contributed by atoms with Gasteiger partial charge in [0.05, 0.1) is 6.10 Å². The molecule has 246 valence electrons. The zero-order valence-corrected chi connectivity index (χ0v) is 27.5. The maximum Gasteiger partial charge on any atom is 0.397 e. The Balaban J connectivity index is 1.60. The van der Waals surface area contributed by atoms with E-state index in [-0.39, 0.29) is 23.2 Å². The molecule has 0 saturated heterocycles. The summed E-state index contributed by atoms with van der Waals surface area (Å²) in [5.74, 6) is 2.63. The largest absolute Gasteiger partial charge is 0.397 e. The molecule has 3 N–H and O–H groups in total. The fourth-order valence-electron chi connectivity index (χ4n) is 9.90. The molecule has 4 fully saturated rings. The molecular formula is C27H48O12S3. The summed E-state index contributed by atoms with van der Waals surface area (Å²) in [5.41, 5.74) is -0.244. The topological polar surface area (TPSA) is 159 Å². The predicted molar refractivity (Wildman–Crippen MR) is 155 cm³/mol. The van der Waals surface area contributed by atoms with Gasteiger partial charge in [-0.15, -0.1) is 8.67 Å². The minimum absolute atomic E-state index is 0.168. The van der Waals surface area contributed by atoms with E-state index in [1.807, 2.05) is 0 Å². The number of hydrogen-bond acceptors (Lipinski definition) is 13. The zero-order chi connectivity index (χ0) is 30.7. The summed E-state index contributed by atoms with van der Waals surface area (Å²) in [6.45, 7) is 11.6. The molecule has 0 radical (unpaired) electrons. The van der Waals surface area contributed by atoms with Crippen molar-refractivity contribution in [2.24, 2.45) is 52.3 Å². The number of rotatable bonds is 15. The lowest BCUT2D eigenvalue weighted by atomic mass is 9.43. The molecule has 0 aromatic rings. The highest BCUT2D eigenvalue weighted by molar-refractivity contribution is 7.90. The SMILES string of the molecule is CC(C)CCCC(C)C1CCC2[C@@H]3CC(OS(=O)(=O)O)C4CC(OSOOO)[C@@H](OSOOO)C[C@]4(C)C3CC[C@]12C. The van der Waals surface area contributed by atoms with Gasteiger partial charge in [0.2, 0.25) is 0 Å². The first-order valence-electron chi connectivity index (χ1n) is 15.1. The van der Waals surface area contributed by atoms with Gasteiger partial charge in [-0.05, 0) is 97.2 Å². The Hall–Kier alpha value is 0.250. The summed E-state index contributed by atoms with van der Waals surface area (Å²) in [5, 5.41) is 24.4. The minimum Gasteiger partial charge on any atom is -0.283 e. The second kappa shape index (κ2) is 14.8. The number of hydrogen-bond donors (Lipinski definition) is 3. The first-order chi connectivity index (χ1) is 19.8. The zero-order valence-electron chi connectivity index (χ0n) is 25.1. The van der Waals surface area contributed by atoms with Crippen molar-refractivity contribution >= 4 is 35.0 Å². The molecule has 4 aliphatic rings. The maximum absolute atomic E-state index is 12.1. The van der Waals surface area contributed by atoms with Gasteiger partial charge in [0.25, 0.3) is 0 Å². The molecule has 4 rings (SSSR count).